The van der Waals surface area contributed by atoms with E-state index in [1.807, 2.05) is 24.3 Å². The summed E-state index contributed by atoms with van der Waals surface area (Å²) >= 11 is 0. The van der Waals surface area contributed by atoms with E-state index >= 15 is 0 Å². The zero-order valence-corrected chi connectivity index (χ0v) is 18.2. The van der Waals surface area contributed by atoms with E-state index in [1.54, 1.807) is 0 Å². The van der Waals surface area contributed by atoms with Crippen molar-refractivity contribution in [2.45, 2.75) is 63.0 Å². The van der Waals surface area contributed by atoms with Crippen LogP contribution in [0.1, 0.15) is 62.0 Å². The van der Waals surface area contributed by atoms with Gasteiger partial charge in [0.05, 0.1) is 18.6 Å². The van der Waals surface area contributed by atoms with Crippen LogP contribution in [0.5, 0.6) is 0 Å². The van der Waals surface area contributed by atoms with Crippen molar-refractivity contribution in [2.24, 2.45) is 5.92 Å². The molecule has 2 aromatic rings. The van der Waals surface area contributed by atoms with Crippen LogP contribution in [0, 0.1) is 5.92 Å². The fourth-order valence-electron chi connectivity index (χ4n) is 5.21. The number of nitrogens with one attached hydrogen (secondary N) is 1. The van der Waals surface area contributed by atoms with Gasteiger partial charge in [0, 0.05) is 5.92 Å². The first-order valence-corrected chi connectivity index (χ1v) is 11.5. The van der Waals surface area contributed by atoms with Gasteiger partial charge in [0.25, 0.3) is 0 Å². The van der Waals surface area contributed by atoms with Crippen LogP contribution in [0.15, 0.2) is 48.5 Å². The highest BCUT2D eigenvalue weighted by Crippen LogP contribution is 2.44. The number of aliphatic hydroxyl groups excluding tert-OH is 1. The lowest BCUT2D eigenvalue weighted by Crippen LogP contribution is -2.46. The molecule has 0 spiro atoms. The summed E-state index contributed by atoms with van der Waals surface area (Å²) in [6.07, 6.45) is 3.98. The zero-order chi connectivity index (χ0) is 22.5. The maximum absolute atomic E-state index is 12.7. The van der Waals surface area contributed by atoms with Crippen LogP contribution in [0.4, 0.5) is 4.79 Å². The number of rotatable bonds is 8. The fraction of sp³-hybridized carbons (Fsp3) is 0.462. The van der Waals surface area contributed by atoms with E-state index in [4.69, 9.17) is 9.84 Å². The van der Waals surface area contributed by atoms with E-state index in [0.29, 0.717) is 12.3 Å². The molecule has 6 heteroatoms. The molecular formula is C26H31NO5. The summed E-state index contributed by atoms with van der Waals surface area (Å²) < 4.78 is 5.61. The predicted octanol–water partition coefficient (Wildman–Crippen LogP) is 4.70. The van der Waals surface area contributed by atoms with Crippen LogP contribution in [0.2, 0.25) is 0 Å². The van der Waals surface area contributed by atoms with Gasteiger partial charge in [-0.25, -0.2) is 4.79 Å². The molecule has 1 fully saturated rings. The summed E-state index contributed by atoms with van der Waals surface area (Å²) in [6.45, 7) is 0.186. The van der Waals surface area contributed by atoms with Gasteiger partial charge in [-0.15, -0.1) is 0 Å². The molecule has 0 bridgehead atoms. The summed E-state index contributed by atoms with van der Waals surface area (Å²) in [5.41, 5.74) is 4.57. The van der Waals surface area contributed by atoms with Gasteiger partial charge in [-0.3, -0.25) is 4.79 Å². The highest BCUT2D eigenvalue weighted by Gasteiger charge is 2.31. The Morgan fingerprint density at radius 1 is 0.969 bits per heavy atom. The van der Waals surface area contributed by atoms with Crippen molar-refractivity contribution in [2.75, 3.05) is 6.61 Å². The molecule has 6 nitrogen and oxygen atoms in total. The van der Waals surface area contributed by atoms with E-state index in [1.165, 1.54) is 6.42 Å². The van der Waals surface area contributed by atoms with Gasteiger partial charge in [0.1, 0.15) is 6.61 Å². The molecule has 0 radical (unpaired) electrons. The molecular weight excluding hydrogens is 406 g/mol. The summed E-state index contributed by atoms with van der Waals surface area (Å²) in [7, 11) is 0. The number of carboxylic acid groups (broad SMARTS) is 1. The second-order valence-corrected chi connectivity index (χ2v) is 8.98. The van der Waals surface area contributed by atoms with Crippen LogP contribution < -0.4 is 5.32 Å². The summed E-state index contributed by atoms with van der Waals surface area (Å²) in [6, 6.07) is 15.6. The Bertz CT molecular complexity index is 907. The van der Waals surface area contributed by atoms with Crippen LogP contribution in [-0.2, 0) is 9.53 Å². The summed E-state index contributed by atoms with van der Waals surface area (Å²) in [4.78, 5) is 23.8. The number of alkyl carbamates (subject to hydrolysis) is 1. The highest BCUT2D eigenvalue weighted by molar-refractivity contribution is 5.79. The van der Waals surface area contributed by atoms with Crippen LogP contribution in [-0.4, -0.2) is 41.0 Å². The predicted molar refractivity (Wildman–Crippen MR) is 121 cm³/mol. The number of hydrogen-bond donors (Lipinski definition) is 3. The number of hydrogen-bond acceptors (Lipinski definition) is 4. The van der Waals surface area contributed by atoms with Gasteiger partial charge in [0.15, 0.2) is 0 Å². The SMILES string of the molecule is O=C(O)C[C@@H](O)[C@@H](CC1CCCCC1)NC(=O)OCC1c2ccccc2-c2ccccc21. The molecule has 0 saturated heterocycles. The molecule has 1 saturated carbocycles. The molecule has 0 aliphatic heterocycles. The molecule has 0 unspecified atom stereocenters. The Hall–Kier alpha value is -2.86. The standard InChI is InChI=1S/C26H31NO5/c28-24(15-25(29)30)23(14-17-8-2-1-3-9-17)27-26(31)32-16-22-20-12-6-4-10-18(20)19-11-5-7-13-21(19)22/h4-7,10-13,17,22-24,28H,1-3,8-9,14-16H2,(H,27,31)(H,29,30)/t23-,24-/m1/s1. The largest absolute Gasteiger partial charge is 0.481 e. The third-order valence-corrected chi connectivity index (χ3v) is 6.81. The molecule has 0 aromatic heterocycles. The summed E-state index contributed by atoms with van der Waals surface area (Å²) in [5, 5.41) is 22.3. The smallest absolute Gasteiger partial charge is 0.407 e. The van der Waals surface area contributed by atoms with Gasteiger partial charge in [0.2, 0.25) is 0 Å². The van der Waals surface area contributed by atoms with Crippen molar-refractivity contribution < 1.29 is 24.5 Å². The van der Waals surface area contributed by atoms with E-state index in [-0.39, 0.29) is 12.5 Å². The van der Waals surface area contributed by atoms with Crippen LogP contribution >= 0.6 is 0 Å². The van der Waals surface area contributed by atoms with E-state index in [0.717, 1.165) is 47.9 Å². The summed E-state index contributed by atoms with van der Waals surface area (Å²) in [5.74, 6) is -0.750. The van der Waals surface area contributed by atoms with Gasteiger partial charge >= 0.3 is 12.1 Å². The number of carboxylic acids is 1. The quantitative estimate of drug-likeness (QED) is 0.556. The average Bonchev–Trinajstić information content (AvgIpc) is 3.11. The van der Waals surface area contributed by atoms with Crippen molar-refractivity contribution in [3.05, 3.63) is 59.7 Å². The first-order chi connectivity index (χ1) is 15.5. The second kappa shape index (κ2) is 10.2. The van der Waals surface area contributed by atoms with Crippen molar-refractivity contribution in [1.82, 2.24) is 5.32 Å². The number of carbonyl (C=O) groups excluding carboxylic acids is 1. The number of ether oxygens (including phenoxy) is 1. The Balaban J connectivity index is 1.41. The van der Waals surface area contributed by atoms with Crippen molar-refractivity contribution in [3.8, 4) is 11.1 Å². The lowest BCUT2D eigenvalue weighted by molar-refractivity contribution is -0.139. The zero-order valence-electron chi connectivity index (χ0n) is 18.2. The molecule has 170 valence electrons. The molecule has 3 N–H and O–H groups in total. The topological polar surface area (TPSA) is 95.9 Å². The number of aliphatic hydroxyl groups is 1. The van der Waals surface area contributed by atoms with Gasteiger partial charge < -0.3 is 20.3 Å². The minimum absolute atomic E-state index is 0.0473. The lowest BCUT2D eigenvalue weighted by atomic mass is 9.83. The normalized spacial score (nSPS) is 17.8. The first-order valence-electron chi connectivity index (χ1n) is 11.5. The first kappa shape index (κ1) is 22.3. The Morgan fingerprint density at radius 3 is 2.16 bits per heavy atom. The van der Waals surface area contributed by atoms with Crippen molar-refractivity contribution >= 4 is 12.1 Å². The molecule has 2 aliphatic rings. The minimum Gasteiger partial charge on any atom is -0.481 e. The Labute approximate surface area is 188 Å². The molecule has 2 aromatic carbocycles. The van der Waals surface area contributed by atoms with Gasteiger partial charge in [-0.1, -0.05) is 80.6 Å². The van der Waals surface area contributed by atoms with E-state index < -0.39 is 30.6 Å². The Kier molecular flexibility index (Phi) is 7.10. The van der Waals surface area contributed by atoms with Crippen LogP contribution in [0.3, 0.4) is 0 Å². The molecule has 4 rings (SSSR count). The maximum atomic E-state index is 12.7. The number of amides is 1. The maximum Gasteiger partial charge on any atom is 0.407 e. The van der Waals surface area contributed by atoms with Crippen LogP contribution in [0.25, 0.3) is 11.1 Å². The highest BCUT2D eigenvalue weighted by atomic mass is 16.5. The number of carbonyl (C=O) groups is 2. The number of aliphatic carboxylic acids is 1. The third kappa shape index (κ3) is 5.13. The lowest BCUT2D eigenvalue weighted by Gasteiger charge is -2.29. The van der Waals surface area contributed by atoms with E-state index in [2.05, 4.69) is 29.6 Å². The Morgan fingerprint density at radius 2 is 1.56 bits per heavy atom. The number of fused-ring (bicyclic) bond motifs is 3. The average molecular weight is 438 g/mol. The number of benzene rings is 2. The van der Waals surface area contributed by atoms with Crippen molar-refractivity contribution in [1.29, 1.82) is 0 Å². The third-order valence-electron chi connectivity index (χ3n) is 6.81. The molecule has 2 atom stereocenters. The van der Waals surface area contributed by atoms with Crippen molar-refractivity contribution in [3.63, 3.8) is 0 Å². The molecule has 32 heavy (non-hydrogen) atoms. The second-order valence-electron chi connectivity index (χ2n) is 8.98. The molecule has 2 aliphatic carbocycles. The fourth-order valence-corrected chi connectivity index (χ4v) is 5.21. The van der Waals surface area contributed by atoms with E-state index in [9.17, 15) is 14.7 Å². The van der Waals surface area contributed by atoms with Gasteiger partial charge in [-0.05, 0) is 34.6 Å². The molecule has 1 amide bonds. The molecule has 0 heterocycles. The monoisotopic (exact) mass is 437 g/mol. The minimum atomic E-state index is -1.14. The van der Waals surface area contributed by atoms with Gasteiger partial charge in [-0.2, -0.15) is 0 Å².